The highest BCUT2D eigenvalue weighted by Crippen LogP contribution is 2.09. The summed E-state index contributed by atoms with van der Waals surface area (Å²) in [5.74, 6) is 5.52. The predicted molar refractivity (Wildman–Crippen MR) is 72.5 cm³/mol. The average molecular weight is 302 g/mol. The molecule has 0 fully saturated rings. The third-order valence-electron chi connectivity index (χ3n) is 2.44. The van der Waals surface area contributed by atoms with Crippen molar-refractivity contribution in [1.82, 2.24) is 10.4 Å². The van der Waals surface area contributed by atoms with E-state index < -0.39 is 0 Å². The van der Waals surface area contributed by atoms with E-state index in [-0.39, 0.29) is 6.04 Å². The molecule has 17 heavy (non-hydrogen) atoms. The summed E-state index contributed by atoms with van der Waals surface area (Å²) in [5, 5.41) is 0. The number of hydrogen-bond donors (Lipinski definition) is 2. The van der Waals surface area contributed by atoms with Gasteiger partial charge in [-0.25, -0.2) is 0 Å². The Balaban J connectivity index is 2.33. The molecule has 0 aliphatic heterocycles. The van der Waals surface area contributed by atoms with Gasteiger partial charge in [0.05, 0.1) is 0 Å². The smallest absolute Gasteiger partial charge is 0.0481 e. The van der Waals surface area contributed by atoms with E-state index in [2.05, 4.69) is 33.3 Å². The van der Waals surface area contributed by atoms with Gasteiger partial charge >= 0.3 is 0 Å². The number of ether oxygens (including phenoxy) is 1. The molecule has 0 aromatic carbocycles. The molecule has 0 aliphatic rings. The van der Waals surface area contributed by atoms with Crippen LogP contribution in [0.5, 0.6) is 0 Å². The Kier molecular flexibility index (Phi) is 7.35. The van der Waals surface area contributed by atoms with Crippen LogP contribution >= 0.6 is 15.9 Å². The number of halogens is 1. The fraction of sp³-hybridized carbons (Fsp3) is 0.583. The van der Waals surface area contributed by atoms with E-state index >= 15 is 0 Å². The van der Waals surface area contributed by atoms with Crippen molar-refractivity contribution < 1.29 is 4.74 Å². The first kappa shape index (κ1) is 14.6. The first-order valence-electron chi connectivity index (χ1n) is 5.90. The first-order valence-corrected chi connectivity index (χ1v) is 6.70. The molecule has 1 rings (SSSR count). The fourth-order valence-electron chi connectivity index (χ4n) is 1.50. The molecule has 96 valence electrons. The summed E-state index contributed by atoms with van der Waals surface area (Å²) in [5.41, 5.74) is 3.84. The summed E-state index contributed by atoms with van der Waals surface area (Å²) >= 11 is 3.37. The number of nitrogens with one attached hydrogen (secondary N) is 1. The van der Waals surface area contributed by atoms with Crippen LogP contribution in [0.3, 0.4) is 0 Å². The van der Waals surface area contributed by atoms with E-state index in [1.165, 1.54) is 0 Å². The van der Waals surface area contributed by atoms with Gasteiger partial charge in [0.2, 0.25) is 0 Å². The van der Waals surface area contributed by atoms with Crippen LogP contribution < -0.4 is 11.3 Å². The van der Waals surface area contributed by atoms with Gasteiger partial charge in [-0.2, -0.15) is 0 Å². The molecule has 0 saturated carbocycles. The lowest BCUT2D eigenvalue weighted by Gasteiger charge is -2.15. The Hall–Kier alpha value is -0.490. The molecule has 5 heteroatoms. The summed E-state index contributed by atoms with van der Waals surface area (Å²) in [6, 6.07) is 4.20. The van der Waals surface area contributed by atoms with E-state index in [4.69, 9.17) is 10.6 Å². The highest BCUT2D eigenvalue weighted by Gasteiger charge is 2.08. The van der Waals surface area contributed by atoms with Gasteiger partial charge in [0, 0.05) is 42.0 Å². The largest absolute Gasteiger partial charge is 0.381 e. The Bertz CT molecular complexity index is 305. The maximum absolute atomic E-state index is 5.52. The van der Waals surface area contributed by atoms with Gasteiger partial charge in [0.25, 0.3) is 0 Å². The van der Waals surface area contributed by atoms with Crippen LogP contribution in [-0.2, 0) is 11.2 Å². The maximum atomic E-state index is 5.52. The van der Waals surface area contributed by atoms with Gasteiger partial charge in [-0.1, -0.05) is 6.92 Å². The van der Waals surface area contributed by atoms with E-state index in [1.807, 2.05) is 12.1 Å². The molecule has 1 aromatic rings. The maximum Gasteiger partial charge on any atom is 0.0481 e. The summed E-state index contributed by atoms with van der Waals surface area (Å²) < 4.78 is 6.44. The molecule has 1 heterocycles. The lowest BCUT2D eigenvalue weighted by Crippen LogP contribution is -2.37. The zero-order chi connectivity index (χ0) is 12.5. The second-order valence-electron chi connectivity index (χ2n) is 3.94. The van der Waals surface area contributed by atoms with Gasteiger partial charge in [-0.3, -0.25) is 16.3 Å². The Labute approximate surface area is 111 Å². The number of pyridine rings is 1. The molecule has 0 spiro atoms. The second kappa shape index (κ2) is 8.58. The van der Waals surface area contributed by atoms with Gasteiger partial charge in [0.15, 0.2) is 0 Å². The lowest BCUT2D eigenvalue weighted by molar-refractivity contribution is 0.124. The second-order valence-corrected chi connectivity index (χ2v) is 4.85. The van der Waals surface area contributed by atoms with Crippen LogP contribution in [0.2, 0.25) is 0 Å². The molecule has 0 saturated heterocycles. The lowest BCUT2D eigenvalue weighted by atomic mass is 10.1. The molecule has 0 radical (unpaired) electrons. The monoisotopic (exact) mass is 301 g/mol. The number of rotatable bonds is 8. The quantitative estimate of drug-likeness (QED) is 0.438. The van der Waals surface area contributed by atoms with Crippen LogP contribution in [0, 0.1) is 0 Å². The Morgan fingerprint density at radius 3 is 2.88 bits per heavy atom. The summed E-state index contributed by atoms with van der Waals surface area (Å²) in [6.07, 6.45) is 4.57. The topological polar surface area (TPSA) is 60.2 Å². The minimum atomic E-state index is 0.209. The van der Waals surface area contributed by atoms with Crippen LogP contribution in [0.4, 0.5) is 0 Å². The van der Waals surface area contributed by atoms with Crippen molar-refractivity contribution in [1.29, 1.82) is 0 Å². The average Bonchev–Trinajstić information content (AvgIpc) is 2.35. The Morgan fingerprint density at radius 2 is 2.29 bits per heavy atom. The third-order valence-corrected chi connectivity index (χ3v) is 2.91. The number of hydrogen-bond acceptors (Lipinski definition) is 4. The minimum Gasteiger partial charge on any atom is -0.381 e. The van der Waals surface area contributed by atoms with Gasteiger partial charge in [0.1, 0.15) is 0 Å². The van der Waals surface area contributed by atoms with Crippen molar-refractivity contribution in [3.63, 3.8) is 0 Å². The molecule has 1 unspecified atom stereocenters. The number of nitrogens with zero attached hydrogens (tertiary/aromatic N) is 1. The van der Waals surface area contributed by atoms with E-state index in [9.17, 15) is 0 Å². The SMILES string of the molecule is CCCOCCC(Cc1ccc(Br)cn1)NN. The molecule has 0 bridgehead atoms. The van der Waals surface area contributed by atoms with Gasteiger partial charge in [-0.05, 0) is 40.9 Å². The van der Waals surface area contributed by atoms with Crippen molar-refractivity contribution in [2.45, 2.75) is 32.2 Å². The predicted octanol–water partition coefficient (Wildman–Crippen LogP) is 2.04. The summed E-state index contributed by atoms with van der Waals surface area (Å²) in [6.45, 7) is 3.65. The molecule has 4 nitrogen and oxygen atoms in total. The van der Waals surface area contributed by atoms with Crippen molar-refractivity contribution in [2.24, 2.45) is 5.84 Å². The summed E-state index contributed by atoms with van der Waals surface area (Å²) in [7, 11) is 0. The van der Waals surface area contributed by atoms with Crippen LogP contribution in [0.1, 0.15) is 25.5 Å². The standard InChI is InChI=1S/C12H20BrN3O/c1-2-6-17-7-5-12(16-14)8-11-4-3-10(13)9-15-11/h3-4,9,12,16H,2,5-8,14H2,1H3. The minimum absolute atomic E-state index is 0.209. The molecular weight excluding hydrogens is 282 g/mol. The van der Waals surface area contributed by atoms with Crippen molar-refractivity contribution >= 4 is 15.9 Å². The number of aromatic nitrogens is 1. The van der Waals surface area contributed by atoms with Crippen molar-refractivity contribution in [3.8, 4) is 0 Å². The zero-order valence-electron chi connectivity index (χ0n) is 10.2. The van der Waals surface area contributed by atoms with Gasteiger partial charge < -0.3 is 4.74 Å². The summed E-state index contributed by atoms with van der Waals surface area (Å²) in [4.78, 5) is 4.33. The van der Waals surface area contributed by atoms with Crippen LogP contribution in [0.25, 0.3) is 0 Å². The van der Waals surface area contributed by atoms with Crippen molar-refractivity contribution in [2.75, 3.05) is 13.2 Å². The molecule has 1 atom stereocenters. The van der Waals surface area contributed by atoms with Crippen LogP contribution in [-0.4, -0.2) is 24.2 Å². The highest BCUT2D eigenvalue weighted by molar-refractivity contribution is 9.10. The highest BCUT2D eigenvalue weighted by atomic mass is 79.9. The third kappa shape index (κ3) is 6.12. The molecule has 0 amide bonds. The van der Waals surface area contributed by atoms with Crippen LogP contribution in [0.15, 0.2) is 22.8 Å². The van der Waals surface area contributed by atoms with Gasteiger partial charge in [-0.15, -0.1) is 0 Å². The van der Waals surface area contributed by atoms with E-state index in [0.717, 1.165) is 42.6 Å². The molecule has 0 aliphatic carbocycles. The van der Waals surface area contributed by atoms with Crippen molar-refractivity contribution in [3.05, 3.63) is 28.5 Å². The molecule has 1 aromatic heterocycles. The first-order chi connectivity index (χ1) is 8.26. The normalized spacial score (nSPS) is 12.6. The molecular formula is C12H20BrN3O. The number of nitrogens with two attached hydrogens (primary N) is 1. The van der Waals surface area contributed by atoms with E-state index in [1.54, 1.807) is 6.20 Å². The number of hydrazine groups is 1. The Morgan fingerprint density at radius 1 is 1.47 bits per heavy atom. The zero-order valence-corrected chi connectivity index (χ0v) is 11.7. The fourth-order valence-corrected chi connectivity index (χ4v) is 1.73. The molecule has 3 N–H and O–H groups in total. The van der Waals surface area contributed by atoms with E-state index in [0.29, 0.717) is 0 Å².